The summed E-state index contributed by atoms with van der Waals surface area (Å²) >= 11 is 13.9. The van der Waals surface area contributed by atoms with Crippen molar-refractivity contribution in [2.24, 2.45) is 0 Å². The first kappa shape index (κ1) is 26.7. The Balaban J connectivity index is 1.42. The quantitative estimate of drug-likeness (QED) is 0.196. The molecule has 0 atom stereocenters. The number of thiazole rings is 1. The Labute approximate surface area is 231 Å². The predicted octanol–water partition coefficient (Wildman–Crippen LogP) is 7.80. The van der Waals surface area contributed by atoms with Gasteiger partial charge in [0.15, 0.2) is 15.8 Å². The number of anilines is 5. The number of nitrogens with one attached hydrogen (secondary N) is 3. The van der Waals surface area contributed by atoms with Gasteiger partial charge in [-0.3, -0.25) is 0 Å². The average molecular weight is 582 g/mol. The van der Waals surface area contributed by atoms with Gasteiger partial charge in [-0.15, -0.1) is 0 Å². The zero-order chi connectivity index (χ0) is 26.7. The lowest BCUT2D eigenvalue weighted by molar-refractivity contribution is -0.137. The van der Waals surface area contributed by atoms with Crippen molar-refractivity contribution in [1.29, 1.82) is 0 Å². The van der Waals surface area contributed by atoms with E-state index >= 15 is 0 Å². The van der Waals surface area contributed by atoms with Crippen molar-refractivity contribution in [3.63, 3.8) is 0 Å². The molecule has 1 fully saturated rings. The van der Waals surface area contributed by atoms with Crippen molar-refractivity contribution < 1.29 is 13.2 Å². The van der Waals surface area contributed by atoms with E-state index in [1.54, 1.807) is 18.2 Å². The molecule has 1 saturated heterocycles. The highest BCUT2D eigenvalue weighted by molar-refractivity contribution is 7.22. The number of fused-ring (bicyclic) bond motifs is 1. The van der Waals surface area contributed by atoms with Gasteiger partial charge in [-0.05, 0) is 62.3 Å². The normalized spacial score (nSPS) is 14.6. The Kier molecular flexibility index (Phi) is 8.08. The number of aromatic nitrogens is 3. The second-order valence-corrected chi connectivity index (χ2v) is 10.6. The maximum Gasteiger partial charge on any atom is 0.416 e. The van der Waals surface area contributed by atoms with Gasteiger partial charge in [0.1, 0.15) is 5.52 Å². The van der Waals surface area contributed by atoms with Gasteiger partial charge in [0, 0.05) is 18.8 Å². The highest BCUT2D eigenvalue weighted by Crippen LogP contribution is 2.37. The number of piperidine rings is 1. The minimum absolute atomic E-state index is 0.366. The van der Waals surface area contributed by atoms with E-state index in [1.165, 1.54) is 42.7 Å². The van der Waals surface area contributed by atoms with Gasteiger partial charge in [-0.1, -0.05) is 47.0 Å². The van der Waals surface area contributed by atoms with Crippen molar-refractivity contribution in [3.8, 4) is 0 Å². The first-order valence-electron chi connectivity index (χ1n) is 12.1. The molecule has 38 heavy (non-hydrogen) atoms. The topological polar surface area (TPSA) is 78.0 Å². The largest absolute Gasteiger partial charge is 0.416 e. The lowest BCUT2D eigenvalue weighted by Crippen LogP contribution is -2.33. The highest BCUT2D eigenvalue weighted by Gasteiger charge is 2.30. The summed E-state index contributed by atoms with van der Waals surface area (Å²) in [5, 5.41) is 10.9. The van der Waals surface area contributed by atoms with Crippen LogP contribution in [0.4, 0.5) is 41.4 Å². The van der Waals surface area contributed by atoms with Crippen LogP contribution in [-0.2, 0) is 6.18 Å². The zero-order valence-corrected chi connectivity index (χ0v) is 22.4. The molecule has 0 amide bonds. The van der Waals surface area contributed by atoms with Crippen molar-refractivity contribution >= 4 is 73.2 Å². The molecule has 4 aromatic rings. The molecule has 0 unspecified atom stereocenters. The number of halogens is 5. The molecule has 2 aromatic carbocycles. The molecule has 200 valence electrons. The van der Waals surface area contributed by atoms with E-state index in [9.17, 15) is 13.2 Å². The average Bonchev–Trinajstić information content (AvgIpc) is 3.30. The van der Waals surface area contributed by atoms with Gasteiger partial charge in [0.05, 0.1) is 21.3 Å². The van der Waals surface area contributed by atoms with Crippen LogP contribution in [0.15, 0.2) is 42.5 Å². The Hall–Kier alpha value is -2.86. The van der Waals surface area contributed by atoms with Crippen LogP contribution in [-0.4, -0.2) is 46.0 Å². The van der Waals surface area contributed by atoms with Crippen molar-refractivity contribution in [3.05, 3.63) is 58.1 Å². The molecule has 7 nitrogen and oxygen atoms in total. The smallest absolute Gasteiger partial charge is 0.353 e. The maximum atomic E-state index is 13.0. The van der Waals surface area contributed by atoms with Crippen LogP contribution < -0.4 is 16.0 Å². The van der Waals surface area contributed by atoms with Crippen molar-refractivity contribution in [1.82, 2.24) is 19.9 Å². The number of para-hydroxylation sites is 1. The molecular formula is C25H24Cl2F3N7S. The van der Waals surface area contributed by atoms with E-state index in [1.807, 2.05) is 0 Å². The predicted molar refractivity (Wildman–Crippen MR) is 148 cm³/mol. The first-order chi connectivity index (χ1) is 18.3. The van der Waals surface area contributed by atoms with Crippen LogP contribution in [0.1, 0.15) is 24.8 Å². The van der Waals surface area contributed by atoms with E-state index in [0.29, 0.717) is 55.2 Å². The summed E-state index contributed by atoms with van der Waals surface area (Å²) in [6.07, 6.45) is -0.739. The number of hydrogen-bond donors (Lipinski definition) is 3. The number of rotatable bonds is 8. The molecule has 0 aliphatic carbocycles. The second kappa shape index (κ2) is 11.5. The Morgan fingerprint density at radius 3 is 2.29 bits per heavy atom. The first-order valence-corrected chi connectivity index (χ1v) is 13.6. The van der Waals surface area contributed by atoms with Gasteiger partial charge in [-0.25, -0.2) is 4.98 Å². The standard InChI is InChI=1S/C25H24Cl2F3N7S/c26-17-5-4-6-18(27)19(17)33-24-34-20-21(32-16-9-7-15(8-10-16)25(28,29)30)35-23(36-22(20)38-24)31-11-14-37-12-2-1-3-13-37/h4-10H,1-3,11-14H2,(H,33,34)(H2,31,32,35,36). The van der Waals surface area contributed by atoms with Gasteiger partial charge in [0.2, 0.25) is 5.95 Å². The molecule has 0 saturated carbocycles. The van der Waals surface area contributed by atoms with E-state index in [0.717, 1.165) is 31.8 Å². The van der Waals surface area contributed by atoms with Crippen molar-refractivity contribution in [2.45, 2.75) is 25.4 Å². The molecule has 1 aliphatic heterocycles. The fourth-order valence-electron chi connectivity index (χ4n) is 4.15. The summed E-state index contributed by atoms with van der Waals surface area (Å²) < 4.78 is 39.0. The van der Waals surface area contributed by atoms with Crippen LogP contribution in [0.2, 0.25) is 10.0 Å². The monoisotopic (exact) mass is 581 g/mol. The summed E-state index contributed by atoms with van der Waals surface area (Å²) in [5.41, 5.74) is 0.684. The molecule has 13 heteroatoms. The van der Waals surface area contributed by atoms with E-state index < -0.39 is 11.7 Å². The lowest BCUT2D eigenvalue weighted by atomic mass is 10.1. The van der Waals surface area contributed by atoms with E-state index in [2.05, 4.69) is 35.8 Å². The van der Waals surface area contributed by atoms with E-state index in [-0.39, 0.29) is 0 Å². The Morgan fingerprint density at radius 2 is 1.61 bits per heavy atom. The molecule has 0 bridgehead atoms. The molecule has 0 spiro atoms. The number of likely N-dealkylation sites (tertiary alicyclic amines) is 1. The molecule has 3 N–H and O–H groups in total. The number of hydrogen-bond acceptors (Lipinski definition) is 8. The minimum Gasteiger partial charge on any atom is -0.353 e. The van der Waals surface area contributed by atoms with Crippen LogP contribution in [0.25, 0.3) is 10.3 Å². The van der Waals surface area contributed by atoms with E-state index in [4.69, 9.17) is 23.2 Å². The minimum atomic E-state index is -4.42. The highest BCUT2D eigenvalue weighted by atomic mass is 35.5. The van der Waals surface area contributed by atoms with Gasteiger partial charge < -0.3 is 20.9 Å². The lowest BCUT2D eigenvalue weighted by Gasteiger charge is -2.26. The Morgan fingerprint density at radius 1 is 0.895 bits per heavy atom. The maximum absolute atomic E-state index is 13.0. The molecule has 5 rings (SSSR count). The zero-order valence-electron chi connectivity index (χ0n) is 20.1. The number of nitrogens with zero attached hydrogens (tertiary/aromatic N) is 4. The van der Waals surface area contributed by atoms with Crippen LogP contribution >= 0.6 is 34.5 Å². The number of alkyl halides is 3. The molecule has 1 aliphatic rings. The third-order valence-corrected chi connectivity index (χ3v) is 7.58. The second-order valence-electron chi connectivity index (χ2n) is 8.82. The summed E-state index contributed by atoms with van der Waals surface area (Å²) in [7, 11) is 0. The fraction of sp³-hybridized carbons (Fsp3) is 0.320. The van der Waals surface area contributed by atoms with Crippen LogP contribution in [0, 0.1) is 0 Å². The number of benzene rings is 2. The molecule has 2 aromatic heterocycles. The van der Waals surface area contributed by atoms with Crippen LogP contribution in [0.3, 0.4) is 0 Å². The Bertz CT molecular complexity index is 1390. The summed E-state index contributed by atoms with van der Waals surface area (Å²) in [5.74, 6) is 0.764. The summed E-state index contributed by atoms with van der Waals surface area (Å²) in [6.45, 7) is 3.68. The third-order valence-electron chi connectivity index (χ3n) is 6.09. The van der Waals surface area contributed by atoms with Gasteiger partial charge in [-0.2, -0.15) is 23.1 Å². The van der Waals surface area contributed by atoms with Crippen LogP contribution in [0.5, 0.6) is 0 Å². The third kappa shape index (κ3) is 6.40. The summed E-state index contributed by atoms with van der Waals surface area (Å²) in [6, 6.07) is 9.92. The molecule has 0 radical (unpaired) electrons. The molecule has 3 heterocycles. The SMILES string of the molecule is FC(F)(F)c1ccc(Nc2nc(NCCN3CCCCC3)nc3sc(Nc4c(Cl)cccc4Cl)nc23)cc1. The fourth-order valence-corrected chi connectivity index (χ4v) is 5.49. The van der Waals surface area contributed by atoms with Crippen molar-refractivity contribution in [2.75, 3.05) is 42.1 Å². The van der Waals surface area contributed by atoms with Gasteiger partial charge >= 0.3 is 6.18 Å². The molecular weight excluding hydrogens is 558 g/mol. The van der Waals surface area contributed by atoms with Gasteiger partial charge in [0.25, 0.3) is 0 Å². The summed E-state index contributed by atoms with van der Waals surface area (Å²) in [4.78, 5) is 16.8.